The number of ether oxygens (including phenoxy) is 1. The van der Waals surface area contributed by atoms with Gasteiger partial charge in [0.15, 0.2) is 0 Å². The molecule has 7 aromatic carbocycles. The molecule has 8 aromatic rings. The summed E-state index contributed by atoms with van der Waals surface area (Å²) in [6.07, 6.45) is 0. The molecule has 0 unspecified atom stereocenters. The van der Waals surface area contributed by atoms with Crippen LogP contribution in [0.1, 0.15) is 0 Å². The minimum Gasteiger partial charge on any atom is -0.551 e. The van der Waals surface area contributed by atoms with Gasteiger partial charge in [0.25, 0.3) is 0 Å². The number of aromatic nitrogens is 1. The summed E-state index contributed by atoms with van der Waals surface area (Å²) in [6, 6.07) is 55.7. The van der Waals surface area contributed by atoms with E-state index in [1.165, 1.54) is 27.5 Å². The standard InChI is InChI=1S/C42H26BNO2/c1-2-12-27(13-3-1)29-14-4-5-15-30(29)28-24-25-39-34(26-28)33-18-10-23-40-41(33)43(46-39)35-19-11-22-38(42(35)45-40)44-36-20-8-6-16-31(36)32-17-7-9-21-37(32)44/h1-26H. The first kappa shape index (κ1) is 25.3. The Labute approximate surface area is 267 Å². The Morgan fingerprint density at radius 1 is 0.457 bits per heavy atom. The average Bonchev–Trinajstić information content (AvgIpc) is 3.46. The van der Waals surface area contributed by atoms with Gasteiger partial charge < -0.3 is 14.0 Å². The fraction of sp³-hybridized carbons (Fsp3) is 0. The maximum atomic E-state index is 6.93. The zero-order valence-corrected chi connectivity index (χ0v) is 24.9. The predicted octanol–water partition coefficient (Wildman–Crippen LogP) is 9.39. The number of rotatable bonds is 3. The lowest BCUT2D eigenvalue weighted by Crippen LogP contribution is -2.53. The normalized spacial score (nSPS) is 12.7. The van der Waals surface area contributed by atoms with Gasteiger partial charge in [0, 0.05) is 27.3 Å². The van der Waals surface area contributed by atoms with E-state index in [1.54, 1.807) is 0 Å². The summed E-state index contributed by atoms with van der Waals surface area (Å²) in [5.41, 5.74) is 12.4. The maximum Gasteiger partial charge on any atom is 0.434 e. The fourth-order valence-corrected chi connectivity index (χ4v) is 7.49. The van der Waals surface area contributed by atoms with Crippen LogP contribution >= 0.6 is 0 Å². The minimum atomic E-state index is -0.280. The van der Waals surface area contributed by atoms with Gasteiger partial charge in [0.2, 0.25) is 0 Å². The molecule has 3 nitrogen and oxygen atoms in total. The highest BCUT2D eigenvalue weighted by Crippen LogP contribution is 2.44. The van der Waals surface area contributed by atoms with Crippen LogP contribution in [-0.4, -0.2) is 11.5 Å². The Hall–Kier alpha value is -6.00. The molecule has 0 spiro atoms. The van der Waals surface area contributed by atoms with Crippen LogP contribution in [0.4, 0.5) is 0 Å². The summed E-state index contributed by atoms with van der Waals surface area (Å²) in [5, 5.41) is 2.45. The number of nitrogens with zero attached hydrogens (tertiary/aromatic N) is 1. The van der Waals surface area contributed by atoms with E-state index < -0.39 is 0 Å². The third-order valence-electron chi connectivity index (χ3n) is 9.51. The number of hydrogen-bond donors (Lipinski definition) is 0. The summed E-state index contributed by atoms with van der Waals surface area (Å²) in [4.78, 5) is 0. The second-order valence-corrected chi connectivity index (χ2v) is 12.0. The lowest BCUT2D eigenvalue weighted by atomic mass is 9.50. The van der Waals surface area contributed by atoms with E-state index in [0.29, 0.717) is 0 Å². The quantitative estimate of drug-likeness (QED) is 0.192. The molecule has 10 rings (SSSR count). The molecular formula is C42H26BNO2. The maximum absolute atomic E-state index is 6.93. The van der Waals surface area contributed by atoms with E-state index in [2.05, 4.69) is 162 Å². The molecule has 4 heteroatoms. The van der Waals surface area contributed by atoms with Gasteiger partial charge in [-0.15, -0.1) is 0 Å². The lowest BCUT2D eigenvalue weighted by Gasteiger charge is -2.33. The lowest BCUT2D eigenvalue weighted by molar-refractivity contribution is 0.477. The number of para-hydroxylation sites is 3. The van der Waals surface area contributed by atoms with Gasteiger partial charge in [-0.2, -0.15) is 0 Å². The number of benzene rings is 7. The summed E-state index contributed by atoms with van der Waals surface area (Å²) < 4.78 is 16.1. The van der Waals surface area contributed by atoms with Crippen LogP contribution in [0.3, 0.4) is 0 Å². The zero-order chi connectivity index (χ0) is 30.2. The monoisotopic (exact) mass is 587 g/mol. The third kappa shape index (κ3) is 3.61. The molecule has 0 fully saturated rings. The molecule has 0 aliphatic carbocycles. The summed E-state index contributed by atoms with van der Waals surface area (Å²) >= 11 is 0. The molecule has 0 bridgehead atoms. The van der Waals surface area contributed by atoms with Crippen molar-refractivity contribution in [3.8, 4) is 56.3 Å². The fourth-order valence-electron chi connectivity index (χ4n) is 7.49. The van der Waals surface area contributed by atoms with Crippen molar-refractivity contribution in [2.24, 2.45) is 0 Å². The molecule has 2 aliphatic heterocycles. The topological polar surface area (TPSA) is 23.4 Å². The van der Waals surface area contributed by atoms with Crippen molar-refractivity contribution in [3.63, 3.8) is 0 Å². The van der Waals surface area contributed by atoms with Crippen LogP contribution in [0, 0.1) is 0 Å². The molecule has 0 atom stereocenters. The number of fused-ring (bicyclic) bond motifs is 7. The average molecular weight is 587 g/mol. The third-order valence-corrected chi connectivity index (χ3v) is 9.51. The summed E-state index contributed by atoms with van der Waals surface area (Å²) in [6.45, 7) is -0.280. The summed E-state index contributed by atoms with van der Waals surface area (Å²) in [7, 11) is 0. The van der Waals surface area contributed by atoms with Crippen molar-refractivity contribution in [1.29, 1.82) is 0 Å². The van der Waals surface area contributed by atoms with Crippen LogP contribution in [0.15, 0.2) is 158 Å². The van der Waals surface area contributed by atoms with Gasteiger partial charge in [-0.1, -0.05) is 121 Å². The van der Waals surface area contributed by atoms with Gasteiger partial charge in [-0.25, -0.2) is 0 Å². The van der Waals surface area contributed by atoms with Crippen molar-refractivity contribution >= 4 is 39.6 Å². The van der Waals surface area contributed by atoms with Crippen molar-refractivity contribution in [1.82, 2.24) is 4.57 Å². The zero-order valence-electron chi connectivity index (χ0n) is 24.9. The molecular weight excluding hydrogens is 561 g/mol. The molecule has 1 aromatic heterocycles. The Morgan fingerprint density at radius 2 is 1.11 bits per heavy atom. The van der Waals surface area contributed by atoms with E-state index in [4.69, 9.17) is 9.39 Å². The highest BCUT2D eigenvalue weighted by Gasteiger charge is 2.41. The van der Waals surface area contributed by atoms with E-state index in [9.17, 15) is 0 Å². The first-order valence-corrected chi connectivity index (χ1v) is 15.7. The van der Waals surface area contributed by atoms with Crippen molar-refractivity contribution < 1.29 is 9.39 Å². The highest BCUT2D eigenvalue weighted by molar-refractivity contribution is 6.84. The predicted molar refractivity (Wildman–Crippen MR) is 189 cm³/mol. The first-order chi connectivity index (χ1) is 22.8. The van der Waals surface area contributed by atoms with Crippen LogP contribution in [-0.2, 0) is 0 Å². The molecule has 0 N–H and O–H groups in total. The largest absolute Gasteiger partial charge is 0.551 e. The van der Waals surface area contributed by atoms with Crippen molar-refractivity contribution in [2.75, 3.05) is 0 Å². The summed E-state index contributed by atoms with van der Waals surface area (Å²) in [5.74, 6) is 2.55. The van der Waals surface area contributed by atoms with Crippen LogP contribution in [0.2, 0.25) is 0 Å². The van der Waals surface area contributed by atoms with E-state index in [0.717, 1.165) is 61.6 Å². The van der Waals surface area contributed by atoms with E-state index >= 15 is 0 Å². The van der Waals surface area contributed by atoms with Crippen molar-refractivity contribution in [2.45, 2.75) is 0 Å². The SMILES string of the molecule is c1ccc(-c2ccccc2-c2ccc3c(c2)-c2cccc4c2B(O3)c2cccc(-n3c5ccccc5c5ccccc53)c2O4)cc1. The molecule has 2 aliphatic rings. The Bertz CT molecular complexity index is 2440. The minimum absolute atomic E-state index is 0.280. The highest BCUT2D eigenvalue weighted by atomic mass is 16.5. The van der Waals surface area contributed by atoms with Gasteiger partial charge >= 0.3 is 6.92 Å². The number of hydrogen-bond acceptors (Lipinski definition) is 2. The van der Waals surface area contributed by atoms with E-state index in [-0.39, 0.29) is 6.92 Å². The van der Waals surface area contributed by atoms with E-state index in [1.807, 2.05) is 0 Å². The second kappa shape index (κ2) is 9.75. The Balaban J connectivity index is 1.13. The van der Waals surface area contributed by atoms with Gasteiger partial charge in [-0.3, -0.25) is 0 Å². The van der Waals surface area contributed by atoms with Gasteiger partial charge in [-0.05, 0) is 64.2 Å². The van der Waals surface area contributed by atoms with Gasteiger partial charge in [0.1, 0.15) is 17.2 Å². The second-order valence-electron chi connectivity index (χ2n) is 12.0. The molecule has 0 radical (unpaired) electrons. The molecule has 0 amide bonds. The smallest absolute Gasteiger partial charge is 0.434 e. The van der Waals surface area contributed by atoms with Gasteiger partial charge in [0.05, 0.1) is 16.7 Å². The van der Waals surface area contributed by atoms with Crippen molar-refractivity contribution in [3.05, 3.63) is 158 Å². The molecule has 214 valence electrons. The first-order valence-electron chi connectivity index (χ1n) is 15.7. The molecule has 0 saturated carbocycles. The van der Waals surface area contributed by atoms with Crippen LogP contribution in [0.5, 0.6) is 17.2 Å². The Morgan fingerprint density at radius 3 is 1.89 bits per heavy atom. The van der Waals surface area contributed by atoms with Crippen LogP contribution < -0.4 is 20.3 Å². The Kier molecular flexibility index (Phi) is 5.37. The molecule has 0 saturated heterocycles. The van der Waals surface area contributed by atoms with Crippen LogP contribution in [0.25, 0.3) is 60.9 Å². The molecule has 3 heterocycles. The molecule has 46 heavy (non-hydrogen) atoms.